The molecule has 2 N–H and O–H groups in total. The minimum absolute atomic E-state index is 0.0376. The van der Waals surface area contributed by atoms with E-state index in [0.29, 0.717) is 12.8 Å². The monoisotopic (exact) mass is 326 g/mol. The Hall–Kier alpha value is -1.61. The molecule has 0 radical (unpaired) electrons. The topological polar surface area (TPSA) is 73.1 Å². The van der Waals surface area contributed by atoms with Gasteiger partial charge in [0.2, 0.25) is 0 Å². The maximum absolute atomic E-state index is 14.1. The van der Waals surface area contributed by atoms with Crippen molar-refractivity contribution in [2.24, 2.45) is 0 Å². The summed E-state index contributed by atoms with van der Waals surface area (Å²) in [6.07, 6.45) is 2.30. The molecule has 19 heavy (non-hydrogen) atoms. The molecular weight excluding hydrogens is 315 g/mol. The molecule has 0 unspecified atom stereocenters. The highest BCUT2D eigenvalue weighted by Gasteiger charge is 2.39. The summed E-state index contributed by atoms with van der Waals surface area (Å²) in [4.78, 5) is 10.9. The smallest absolute Gasteiger partial charge is 0.305 e. The van der Waals surface area contributed by atoms with Gasteiger partial charge in [0.15, 0.2) is 5.82 Å². The van der Waals surface area contributed by atoms with E-state index in [4.69, 9.17) is 10.4 Å². The van der Waals surface area contributed by atoms with Crippen molar-refractivity contribution in [1.82, 2.24) is 0 Å². The van der Waals surface area contributed by atoms with Crippen molar-refractivity contribution in [2.75, 3.05) is 5.32 Å². The van der Waals surface area contributed by atoms with Crippen LogP contribution in [0.25, 0.3) is 0 Å². The zero-order chi connectivity index (χ0) is 14.0. The molecule has 0 aromatic heterocycles. The van der Waals surface area contributed by atoms with Gasteiger partial charge in [-0.25, -0.2) is 4.39 Å². The number of nitriles is 1. The van der Waals surface area contributed by atoms with E-state index >= 15 is 0 Å². The largest absolute Gasteiger partial charge is 0.481 e. The van der Waals surface area contributed by atoms with Crippen LogP contribution < -0.4 is 5.32 Å². The van der Waals surface area contributed by atoms with Crippen molar-refractivity contribution in [2.45, 2.75) is 31.2 Å². The number of anilines is 1. The van der Waals surface area contributed by atoms with Gasteiger partial charge in [0, 0.05) is 5.54 Å². The van der Waals surface area contributed by atoms with Gasteiger partial charge in [-0.15, -0.1) is 0 Å². The van der Waals surface area contributed by atoms with E-state index in [1.165, 1.54) is 12.1 Å². The van der Waals surface area contributed by atoms with Crippen molar-refractivity contribution in [1.29, 1.82) is 5.26 Å². The number of rotatable bonds is 4. The molecule has 1 aromatic carbocycles. The number of hydrogen-bond donors (Lipinski definition) is 2. The second-order valence-corrected chi connectivity index (χ2v) is 5.52. The summed E-state index contributed by atoms with van der Waals surface area (Å²) in [5, 5.41) is 20.7. The lowest BCUT2D eigenvalue weighted by molar-refractivity contribution is -0.138. The number of nitrogens with zero attached hydrogens (tertiary/aromatic N) is 1. The van der Waals surface area contributed by atoms with E-state index in [2.05, 4.69) is 21.2 Å². The summed E-state index contributed by atoms with van der Waals surface area (Å²) >= 11 is 3.04. The van der Waals surface area contributed by atoms with Crippen LogP contribution in [-0.4, -0.2) is 16.6 Å². The number of hydrogen-bond acceptors (Lipinski definition) is 3. The molecule has 0 atom stereocenters. The summed E-state index contributed by atoms with van der Waals surface area (Å²) in [6.45, 7) is 0. The van der Waals surface area contributed by atoms with E-state index < -0.39 is 17.3 Å². The van der Waals surface area contributed by atoms with Gasteiger partial charge in [0.1, 0.15) is 6.07 Å². The first-order valence-corrected chi connectivity index (χ1v) is 6.65. The highest BCUT2D eigenvalue weighted by Crippen LogP contribution is 2.39. The molecule has 0 amide bonds. The van der Waals surface area contributed by atoms with Gasteiger partial charge >= 0.3 is 5.97 Å². The molecule has 0 spiro atoms. The highest BCUT2D eigenvalue weighted by molar-refractivity contribution is 9.10. The number of benzene rings is 1. The normalized spacial score (nSPS) is 16.3. The van der Waals surface area contributed by atoms with Crippen LogP contribution in [0.5, 0.6) is 0 Å². The van der Waals surface area contributed by atoms with Gasteiger partial charge in [-0.3, -0.25) is 4.79 Å². The van der Waals surface area contributed by atoms with E-state index in [1.54, 1.807) is 0 Å². The zero-order valence-corrected chi connectivity index (χ0v) is 11.6. The molecule has 1 aromatic rings. The van der Waals surface area contributed by atoms with Crippen LogP contribution >= 0.6 is 15.9 Å². The Bertz CT molecular complexity index is 564. The number of carbonyl (C=O) groups is 1. The number of nitrogens with one attached hydrogen (secondary N) is 1. The van der Waals surface area contributed by atoms with Crippen LogP contribution in [0.1, 0.15) is 31.2 Å². The summed E-state index contributed by atoms with van der Waals surface area (Å²) in [5.74, 6) is -1.46. The molecule has 0 saturated heterocycles. The predicted octanol–water partition coefficient (Wildman–Crippen LogP) is 3.27. The fourth-order valence-electron chi connectivity index (χ4n) is 2.26. The van der Waals surface area contributed by atoms with E-state index in [-0.39, 0.29) is 22.1 Å². The molecule has 0 aliphatic heterocycles. The number of carboxylic acids is 1. The van der Waals surface area contributed by atoms with Crippen molar-refractivity contribution >= 4 is 27.6 Å². The minimum atomic E-state index is -0.902. The van der Waals surface area contributed by atoms with Gasteiger partial charge in [-0.2, -0.15) is 5.26 Å². The standard InChI is InChI=1S/C13H12BrFN2O2/c14-11-8(7-16)2-3-9(12(11)15)17-13(4-1-5-13)6-10(18)19/h2-3,17H,1,4-6H2,(H,18,19). The molecule has 100 valence electrons. The van der Waals surface area contributed by atoms with Crippen LogP contribution in [0.3, 0.4) is 0 Å². The molecule has 1 fully saturated rings. The Balaban J connectivity index is 2.26. The van der Waals surface area contributed by atoms with Gasteiger partial charge in [-0.05, 0) is 47.3 Å². The maximum Gasteiger partial charge on any atom is 0.305 e. The lowest BCUT2D eigenvalue weighted by atomic mass is 9.74. The number of aliphatic carboxylic acids is 1. The first-order chi connectivity index (χ1) is 8.97. The van der Waals surface area contributed by atoms with Crippen LogP contribution in [0.2, 0.25) is 0 Å². The third-order valence-electron chi connectivity index (χ3n) is 3.40. The van der Waals surface area contributed by atoms with Crippen LogP contribution in [0.15, 0.2) is 16.6 Å². The molecule has 0 heterocycles. The second kappa shape index (κ2) is 5.17. The average molecular weight is 327 g/mol. The van der Waals surface area contributed by atoms with Crippen LogP contribution in [-0.2, 0) is 4.79 Å². The van der Waals surface area contributed by atoms with Crippen molar-refractivity contribution < 1.29 is 14.3 Å². The summed E-state index contributed by atoms with van der Waals surface area (Å²) in [7, 11) is 0. The SMILES string of the molecule is N#Cc1ccc(NC2(CC(=O)O)CCC2)c(F)c1Br. The molecule has 6 heteroatoms. The van der Waals surface area contributed by atoms with Gasteiger partial charge < -0.3 is 10.4 Å². The zero-order valence-electron chi connectivity index (χ0n) is 10.0. The molecule has 0 bridgehead atoms. The fraction of sp³-hybridized carbons (Fsp3) is 0.385. The minimum Gasteiger partial charge on any atom is -0.481 e. The number of carboxylic acid groups (broad SMARTS) is 1. The van der Waals surface area contributed by atoms with E-state index in [9.17, 15) is 9.18 Å². The Kier molecular flexibility index (Phi) is 3.76. The van der Waals surface area contributed by atoms with Crippen LogP contribution in [0, 0.1) is 17.1 Å². The summed E-state index contributed by atoms with van der Waals surface area (Å²) in [5.41, 5.74) is -0.129. The van der Waals surface area contributed by atoms with E-state index in [0.717, 1.165) is 6.42 Å². The van der Waals surface area contributed by atoms with Gasteiger partial charge in [0.05, 0.1) is 22.1 Å². The van der Waals surface area contributed by atoms with E-state index in [1.807, 2.05) is 6.07 Å². The molecule has 1 aliphatic carbocycles. The third kappa shape index (κ3) is 2.71. The van der Waals surface area contributed by atoms with Crippen molar-refractivity contribution in [3.8, 4) is 6.07 Å². The first kappa shape index (κ1) is 13.8. The van der Waals surface area contributed by atoms with Crippen LogP contribution in [0.4, 0.5) is 10.1 Å². The molecule has 4 nitrogen and oxygen atoms in total. The lowest BCUT2D eigenvalue weighted by Crippen LogP contribution is -2.47. The Morgan fingerprint density at radius 1 is 1.58 bits per heavy atom. The Morgan fingerprint density at radius 2 is 2.26 bits per heavy atom. The predicted molar refractivity (Wildman–Crippen MR) is 71.3 cm³/mol. The third-order valence-corrected chi connectivity index (χ3v) is 4.18. The maximum atomic E-state index is 14.1. The molecule has 1 aliphatic rings. The highest BCUT2D eigenvalue weighted by atomic mass is 79.9. The summed E-state index contributed by atoms with van der Waals surface area (Å²) < 4.78 is 14.2. The molecule has 2 rings (SSSR count). The first-order valence-electron chi connectivity index (χ1n) is 5.85. The molecule has 1 saturated carbocycles. The van der Waals surface area contributed by atoms with Crippen molar-refractivity contribution in [3.63, 3.8) is 0 Å². The Morgan fingerprint density at radius 3 is 2.74 bits per heavy atom. The average Bonchev–Trinajstić information content (AvgIpc) is 2.32. The Labute approximate surface area is 118 Å². The van der Waals surface area contributed by atoms with Gasteiger partial charge in [0.25, 0.3) is 0 Å². The molecular formula is C13H12BrFN2O2. The number of halogens is 2. The fourth-order valence-corrected chi connectivity index (χ4v) is 2.69. The second-order valence-electron chi connectivity index (χ2n) is 4.73. The quantitative estimate of drug-likeness (QED) is 0.890. The van der Waals surface area contributed by atoms with Gasteiger partial charge in [-0.1, -0.05) is 0 Å². The summed E-state index contributed by atoms with van der Waals surface area (Å²) in [6, 6.07) is 4.85. The van der Waals surface area contributed by atoms with Crippen molar-refractivity contribution in [3.05, 3.63) is 28.0 Å². The lowest BCUT2D eigenvalue weighted by Gasteiger charge is -2.42.